The minimum absolute atomic E-state index is 0.0778. The molecule has 27 heavy (non-hydrogen) atoms. The van der Waals surface area contributed by atoms with Gasteiger partial charge in [0.2, 0.25) is 0 Å². The van der Waals surface area contributed by atoms with Gasteiger partial charge < -0.3 is 10.4 Å². The Hall–Kier alpha value is -2.34. The summed E-state index contributed by atoms with van der Waals surface area (Å²) in [5, 5.41) is 26.7. The van der Waals surface area contributed by atoms with Gasteiger partial charge in [0.25, 0.3) is 10.1 Å². The maximum atomic E-state index is 11.8. The molecular weight excluding hydrogens is 394 g/mol. The Kier molecular flexibility index (Phi) is 5.85. The summed E-state index contributed by atoms with van der Waals surface area (Å²) in [7, 11) is -2.81. The number of rotatable bonds is 7. The molecule has 0 aliphatic rings. The van der Waals surface area contributed by atoms with Crippen molar-refractivity contribution in [3.63, 3.8) is 0 Å². The second-order valence-corrected chi connectivity index (χ2v) is 7.86. The lowest BCUT2D eigenvalue weighted by molar-refractivity contribution is -0.432. The van der Waals surface area contributed by atoms with Gasteiger partial charge in [0.15, 0.2) is 0 Å². The van der Waals surface area contributed by atoms with Gasteiger partial charge in [0.05, 0.1) is 29.7 Å². The SMILES string of the molecule is COS(=O)(=O)c1ccc(O)c(Nc2ccc3ccc(SOOO)cc3c2)c1. The van der Waals surface area contributed by atoms with Gasteiger partial charge in [0, 0.05) is 10.6 Å². The Morgan fingerprint density at radius 1 is 1.00 bits per heavy atom. The highest BCUT2D eigenvalue weighted by molar-refractivity contribution is 7.94. The Balaban J connectivity index is 1.93. The van der Waals surface area contributed by atoms with E-state index in [1.165, 1.54) is 18.2 Å². The van der Waals surface area contributed by atoms with Crippen molar-refractivity contribution in [2.45, 2.75) is 9.79 Å². The molecule has 0 radical (unpaired) electrons. The highest BCUT2D eigenvalue weighted by Gasteiger charge is 2.15. The fourth-order valence-corrected chi connectivity index (χ4v) is 3.53. The number of hydrogen-bond acceptors (Lipinski definition) is 9. The van der Waals surface area contributed by atoms with Gasteiger partial charge in [0.1, 0.15) is 5.75 Å². The topological polar surface area (TPSA) is 114 Å². The molecule has 0 amide bonds. The number of nitrogens with one attached hydrogen (secondary N) is 1. The van der Waals surface area contributed by atoms with Crippen LogP contribution in [-0.2, 0) is 23.7 Å². The molecule has 8 nitrogen and oxygen atoms in total. The number of phenols is 1. The molecule has 3 aromatic carbocycles. The summed E-state index contributed by atoms with van der Waals surface area (Å²) in [6.45, 7) is 0. The first kappa shape index (κ1) is 19.4. The fourth-order valence-electron chi connectivity index (χ4n) is 2.43. The minimum atomic E-state index is -3.88. The summed E-state index contributed by atoms with van der Waals surface area (Å²) in [6, 6.07) is 14.8. The minimum Gasteiger partial charge on any atom is -0.506 e. The summed E-state index contributed by atoms with van der Waals surface area (Å²) < 4.78 is 32.6. The second-order valence-electron chi connectivity index (χ2n) is 5.37. The predicted molar refractivity (Wildman–Crippen MR) is 100 cm³/mol. The van der Waals surface area contributed by atoms with Gasteiger partial charge in [-0.1, -0.05) is 17.2 Å². The van der Waals surface area contributed by atoms with E-state index in [2.05, 4.69) is 18.9 Å². The zero-order chi connectivity index (χ0) is 19.4. The maximum Gasteiger partial charge on any atom is 0.296 e. The lowest BCUT2D eigenvalue weighted by Crippen LogP contribution is -2.03. The zero-order valence-corrected chi connectivity index (χ0v) is 15.6. The van der Waals surface area contributed by atoms with Gasteiger partial charge in [-0.25, -0.2) is 5.26 Å². The molecule has 0 unspecified atom stereocenters. The number of aromatic hydroxyl groups is 1. The Bertz CT molecular complexity index is 1070. The van der Waals surface area contributed by atoms with Crippen LogP contribution in [0.1, 0.15) is 0 Å². The van der Waals surface area contributed by atoms with E-state index in [0.717, 1.165) is 29.9 Å². The Morgan fingerprint density at radius 3 is 2.52 bits per heavy atom. The van der Waals surface area contributed by atoms with Crippen molar-refractivity contribution in [1.82, 2.24) is 0 Å². The van der Waals surface area contributed by atoms with Crippen molar-refractivity contribution < 1.29 is 32.3 Å². The lowest BCUT2D eigenvalue weighted by atomic mass is 10.1. The van der Waals surface area contributed by atoms with Crippen LogP contribution in [-0.4, -0.2) is 25.9 Å². The molecule has 142 valence electrons. The Labute approximate surface area is 159 Å². The van der Waals surface area contributed by atoms with Crippen LogP contribution in [0.15, 0.2) is 64.4 Å². The molecule has 10 heteroatoms. The summed E-state index contributed by atoms with van der Waals surface area (Å²) in [5.41, 5.74) is 0.848. The first-order chi connectivity index (χ1) is 12.9. The third kappa shape index (κ3) is 4.50. The zero-order valence-electron chi connectivity index (χ0n) is 13.9. The van der Waals surface area contributed by atoms with Crippen LogP contribution in [0.4, 0.5) is 11.4 Å². The van der Waals surface area contributed by atoms with Gasteiger partial charge in [-0.3, -0.25) is 4.18 Å². The summed E-state index contributed by atoms with van der Waals surface area (Å²) in [4.78, 5) is 0.621. The molecule has 3 rings (SSSR count). The summed E-state index contributed by atoms with van der Waals surface area (Å²) in [5.74, 6) is -0.108. The Morgan fingerprint density at radius 2 is 1.78 bits per heavy atom. The molecular formula is C17H15NO7S2. The number of hydrogen-bond donors (Lipinski definition) is 3. The van der Waals surface area contributed by atoms with Crippen molar-refractivity contribution in [3.8, 4) is 5.75 Å². The molecule has 0 saturated heterocycles. The van der Waals surface area contributed by atoms with E-state index in [1.54, 1.807) is 12.1 Å². The highest BCUT2D eigenvalue weighted by atomic mass is 32.2. The average molecular weight is 409 g/mol. The molecule has 3 N–H and O–H groups in total. The van der Waals surface area contributed by atoms with Crippen LogP contribution in [0.25, 0.3) is 10.8 Å². The van der Waals surface area contributed by atoms with Gasteiger partial charge in [-0.05, 0) is 53.2 Å². The van der Waals surface area contributed by atoms with Gasteiger partial charge in [-0.15, -0.1) is 4.33 Å². The fraction of sp³-hybridized carbons (Fsp3) is 0.0588. The van der Waals surface area contributed by atoms with Crippen molar-refractivity contribution in [2.75, 3.05) is 12.4 Å². The van der Waals surface area contributed by atoms with Crippen LogP contribution < -0.4 is 5.32 Å². The van der Waals surface area contributed by atoms with E-state index >= 15 is 0 Å². The van der Waals surface area contributed by atoms with Gasteiger partial charge in [-0.2, -0.15) is 8.42 Å². The molecule has 0 aromatic heterocycles. The standard InChI is InChI=1S/C17H15NO7S2/c1-23-27(21,22)15-6-7-17(19)16(10-15)18-13-4-2-11-3-5-14(26-25-24-20)9-12(11)8-13/h2-10,18-20H,1H3. The van der Waals surface area contributed by atoms with Crippen LogP contribution in [0.2, 0.25) is 0 Å². The van der Waals surface area contributed by atoms with E-state index < -0.39 is 10.1 Å². The lowest BCUT2D eigenvalue weighted by Gasteiger charge is -2.11. The summed E-state index contributed by atoms with van der Waals surface area (Å²) in [6.07, 6.45) is 0. The van der Waals surface area contributed by atoms with Crippen LogP contribution in [0.3, 0.4) is 0 Å². The predicted octanol–water partition coefficient (Wildman–Crippen LogP) is 4.05. The quantitative estimate of drug-likeness (QED) is 0.175. The molecule has 0 atom stereocenters. The van der Waals surface area contributed by atoms with E-state index in [4.69, 9.17) is 5.26 Å². The van der Waals surface area contributed by atoms with Crippen LogP contribution >= 0.6 is 12.0 Å². The molecule has 0 fully saturated rings. The molecule has 0 aliphatic heterocycles. The first-order valence-corrected chi connectivity index (χ1v) is 9.67. The number of phenolic OH excluding ortho intramolecular Hbond substituents is 1. The number of anilines is 2. The van der Waals surface area contributed by atoms with Gasteiger partial charge >= 0.3 is 0 Å². The van der Waals surface area contributed by atoms with Crippen LogP contribution in [0, 0.1) is 0 Å². The summed E-state index contributed by atoms with van der Waals surface area (Å²) >= 11 is 0.842. The van der Waals surface area contributed by atoms with E-state index in [-0.39, 0.29) is 16.3 Å². The molecule has 0 bridgehead atoms. The van der Waals surface area contributed by atoms with E-state index in [1.807, 2.05) is 24.3 Å². The third-order valence-corrected chi connectivity index (χ3v) is 5.57. The highest BCUT2D eigenvalue weighted by Crippen LogP contribution is 2.32. The number of benzene rings is 3. The normalized spacial score (nSPS) is 11.6. The molecule has 0 saturated carbocycles. The molecule has 0 spiro atoms. The van der Waals surface area contributed by atoms with Crippen molar-refractivity contribution in [1.29, 1.82) is 0 Å². The first-order valence-electron chi connectivity index (χ1n) is 7.52. The molecule has 0 aliphatic carbocycles. The molecule has 0 heterocycles. The van der Waals surface area contributed by atoms with Crippen molar-refractivity contribution in [2.24, 2.45) is 0 Å². The monoisotopic (exact) mass is 409 g/mol. The average Bonchev–Trinajstić information content (AvgIpc) is 2.67. The maximum absolute atomic E-state index is 11.8. The van der Waals surface area contributed by atoms with Crippen LogP contribution in [0.5, 0.6) is 5.75 Å². The van der Waals surface area contributed by atoms with Crippen molar-refractivity contribution >= 4 is 44.3 Å². The third-order valence-electron chi connectivity index (χ3n) is 3.73. The van der Waals surface area contributed by atoms with E-state index in [0.29, 0.717) is 10.6 Å². The molecule has 3 aromatic rings. The van der Waals surface area contributed by atoms with Crippen molar-refractivity contribution in [3.05, 3.63) is 54.6 Å². The second kappa shape index (κ2) is 8.13. The smallest absolute Gasteiger partial charge is 0.296 e. The number of fused-ring (bicyclic) bond motifs is 1. The largest absolute Gasteiger partial charge is 0.506 e. The van der Waals surface area contributed by atoms with E-state index in [9.17, 15) is 13.5 Å².